The van der Waals surface area contributed by atoms with Crippen LogP contribution in [-0.4, -0.2) is 20.7 Å². The molecule has 2 heterocycles. The number of hydrogen-bond acceptors (Lipinski definition) is 4. The average Bonchev–Trinajstić information content (AvgIpc) is 3.29. The van der Waals surface area contributed by atoms with Crippen LogP contribution in [0.3, 0.4) is 0 Å². The Morgan fingerprint density at radius 1 is 0.966 bits per heavy atom. The molecule has 0 saturated heterocycles. The van der Waals surface area contributed by atoms with Gasteiger partial charge in [0, 0.05) is 22.6 Å². The van der Waals surface area contributed by atoms with Crippen LogP contribution in [-0.2, 0) is 11.3 Å². The van der Waals surface area contributed by atoms with Crippen molar-refractivity contribution in [2.75, 3.05) is 5.32 Å². The number of aryl methyl sites for hydroxylation is 2. The lowest BCUT2D eigenvalue weighted by Gasteiger charge is -2.10. The molecule has 1 amide bonds. The predicted octanol–water partition coefficient (Wildman–Crippen LogP) is 4.77. The fourth-order valence-electron chi connectivity index (χ4n) is 3.36. The Morgan fingerprint density at radius 3 is 2.48 bits per heavy atom. The minimum atomic E-state index is -0.0838. The molecule has 2 aromatic carbocycles. The van der Waals surface area contributed by atoms with Crippen molar-refractivity contribution in [2.45, 2.75) is 27.3 Å². The quantitative estimate of drug-likeness (QED) is 0.536. The number of nitrogens with one attached hydrogen (secondary N) is 1. The molecule has 0 aliphatic carbocycles. The molecule has 6 heteroatoms. The highest BCUT2D eigenvalue weighted by Crippen LogP contribution is 2.28. The monoisotopic (exact) mass is 386 g/mol. The van der Waals surface area contributed by atoms with Crippen LogP contribution in [0.5, 0.6) is 0 Å². The molecule has 29 heavy (non-hydrogen) atoms. The number of benzene rings is 2. The summed E-state index contributed by atoms with van der Waals surface area (Å²) in [4.78, 5) is 12.5. The maximum atomic E-state index is 12.5. The number of hydrogen-bond donors (Lipinski definition) is 1. The molecule has 0 aliphatic heterocycles. The predicted molar refractivity (Wildman–Crippen MR) is 112 cm³/mol. The smallest absolute Gasteiger partial charge is 0.249 e. The minimum absolute atomic E-state index is 0.0838. The molecule has 0 saturated carbocycles. The van der Waals surface area contributed by atoms with Gasteiger partial charge in [0.05, 0.1) is 5.56 Å². The topological polar surface area (TPSA) is 73.0 Å². The number of amides is 1. The molecular weight excluding hydrogens is 364 g/mol. The molecular formula is C23H22N4O2. The van der Waals surface area contributed by atoms with Gasteiger partial charge in [-0.2, -0.15) is 0 Å². The highest BCUT2D eigenvalue weighted by Gasteiger charge is 2.18. The van der Waals surface area contributed by atoms with E-state index in [9.17, 15) is 4.79 Å². The zero-order valence-corrected chi connectivity index (χ0v) is 16.6. The van der Waals surface area contributed by atoms with E-state index in [0.717, 1.165) is 33.8 Å². The fraction of sp³-hybridized carbons (Fsp3) is 0.174. The number of carbonyl (C=O) groups excluding carboxylic acids is 1. The number of aromatic nitrogens is 3. The molecule has 0 spiro atoms. The first-order valence-corrected chi connectivity index (χ1v) is 9.44. The van der Waals surface area contributed by atoms with Crippen molar-refractivity contribution in [1.29, 1.82) is 0 Å². The Balaban J connectivity index is 1.55. The highest BCUT2D eigenvalue weighted by molar-refractivity contribution is 5.90. The van der Waals surface area contributed by atoms with Crippen molar-refractivity contribution in [3.05, 3.63) is 77.6 Å². The molecule has 6 nitrogen and oxygen atoms in total. The van der Waals surface area contributed by atoms with Crippen LogP contribution >= 0.6 is 0 Å². The van der Waals surface area contributed by atoms with Crippen LogP contribution < -0.4 is 5.32 Å². The second-order valence-electron chi connectivity index (χ2n) is 7.07. The summed E-state index contributed by atoms with van der Waals surface area (Å²) in [6, 6.07) is 19.4. The van der Waals surface area contributed by atoms with Crippen LogP contribution in [0.2, 0.25) is 0 Å². The first-order chi connectivity index (χ1) is 14.0. The Kier molecular flexibility index (Phi) is 4.99. The first kappa shape index (κ1) is 18.7. The van der Waals surface area contributed by atoms with E-state index < -0.39 is 0 Å². The maximum Gasteiger partial charge on any atom is 0.249 e. The molecule has 0 bridgehead atoms. The van der Waals surface area contributed by atoms with E-state index in [1.807, 2.05) is 86.0 Å². The molecule has 1 N–H and O–H groups in total. The zero-order chi connectivity index (χ0) is 20.4. The van der Waals surface area contributed by atoms with Gasteiger partial charge in [0.25, 0.3) is 0 Å². The third kappa shape index (κ3) is 3.96. The third-order valence-electron chi connectivity index (χ3n) is 4.85. The molecule has 4 rings (SSSR count). The summed E-state index contributed by atoms with van der Waals surface area (Å²) in [5.74, 6) is 0.837. The summed E-state index contributed by atoms with van der Waals surface area (Å²) in [6.45, 7) is 6.13. The number of rotatable bonds is 5. The van der Waals surface area contributed by atoms with Crippen LogP contribution in [0.15, 0.2) is 65.1 Å². The second-order valence-corrected chi connectivity index (χ2v) is 7.07. The van der Waals surface area contributed by atoms with E-state index in [4.69, 9.17) is 4.42 Å². The lowest BCUT2D eigenvalue weighted by Crippen LogP contribution is -2.20. The average molecular weight is 386 g/mol. The number of anilines is 1. The first-order valence-electron chi connectivity index (χ1n) is 9.44. The zero-order valence-electron chi connectivity index (χ0n) is 16.6. The summed E-state index contributed by atoms with van der Waals surface area (Å²) in [7, 11) is 0. The third-order valence-corrected chi connectivity index (χ3v) is 4.85. The standard InChI is InChI=1S/C23H22N4O2/c1-15-8-7-11-19(12-15)24-21(28)14-27-16(2)13-20(17(27)3)23-26-25-22(29-23)18-9-5-4-6-10-18/h4-13H,14H2,1-3H3,(H,24,28). The van der Waals surface area contributed by atoms with E-state index in [1.54, 1.807) is 0 Å². The van der Waals surface area contributed by atoms with Crippen LogP contribution in [0, 0.1) is 20.8 Å². The van der Waals surface area contributed by atoms with Crippen molar-refractivity contribution < 1.29 is 9.21 Å². The molecule has 0 aliphatic rings. The highest BCUT2D eigenvalue weighted by atomic mass is 16.4. The Bertz CT molecular complexity index is 1160. The molecule has 0 unspecified atom stereocenters. The molecule has 2 aromatic heterocycles. The van der Waals surface area contributed by atoms with Crippen molar-refractivity contribution in [1.82, 2.24) is 14.8 Å². The molecule has 146 valence electrons. The Morgan fingerprint density at radius 2 is 1.72 bits per heavy atom. The lowest BCUT2D eigenvalue weighted by atomic mass is 10.2. The van der Waals surface area contributed by atoms with Crippen molar-refractivity contribution in [2.24, 2.45) is 0 Å². The van der Waals surface area contributed by atoms with Crippen molar-refractivity contribution >= 4 is 11.6 Å². The Labute approximate surface area is 169 Å². The van der Waals surface area contributed by atoms with E-state index in [1.165, 1.54) is 0 Å². The van der Waals surface area contributed by atoms with Gasteiger partial charge < -0.3 is 14.3 Å². The van der Waals surface area contributed by atoms with Gasteiger partial charge in [0.15, 0.2) is 0 Å². The van der Waals surface area contributed by atoms with Crippen LogP contribution in [0.25, 0.3) is 22.9 Å². The summed E-state index contributed by atoms with van der Waals surface area (Å²) in [5.41, 5.74) is 5.46. The number of nitrogens with zero attached hydrogens (tertiary/aromatic N) is 3. The summed E-state index contributed by atoms with van der Waals surface area (Å²) in [5, 5.41) is 11.3. The van der Waals surface area contributed by atoms with E-state index in [-0.39, 0.29) is 12.5 Å². The van der Waals surface area contributed by atoms with Gasteiger partial charge in [-0.15, -0.1) is 10.2 Å². The summed E-state index contributed by atoms with van der Waals surface area (Å²) in [6.07, 6.45) is 0. The summed E-state index contributed by atoms with van der Waals surface area (Å²) < 4.78 is 7.83. The van der Waals surface area contributed by atoms with Gasteiger partial charge in [-0.05, 0) is 56.7 Å². The minimum Gasteiger partial charge on any atom is -0.416 e. The van der Waals surface area contributed by atoms with Gasteiger partial charge in [-0.1, -0.05) is 30.3 Å². The molecule has 0 atom stereocenters. The largest absolute Gasteiger partial charge is 0.416 e. The lowest BCUT2D eigenvalue weighted by molar-refractivity contribution is -0.116. The summed E-state index contributed by atoms with van der Waals surface area (Å²) >= 11 is 0. The molecule has 4 aromatic rings. The van der Waals surface area contributed by atoms with Crippen molar-refractivity contribution in [3.8, 4) is 22.9 Å². The van der Waals surface area contributed by atoms with Crippen molar-refractivity contribution in [3.63, 3.8) is 0 Å². The van der Waals surface area contributed by atoms with Crippen LogP contribution in [0.1, 0.15) is 17.0 Å². The fourth-order valence-corrected chi connectivity index (χ4v) is 3.36. The Hall–Kier alpha value is -3.67. The van der Waals surface area contributed by atoms with Gasteiger partial charge >= 0.3 is 0 Å². The normalized spacial score (nSPS) is 10.9. The van der Waals surface area contributed by atoms with Gasteiger partial charge in [-0.25, -0.2) is 0 Å². The second kappa shape index (κ2) is 7.75. The van der Waals surface area contributed by atoms with Gasteiger partial charge in [-0.3, -0.25) is 4.79 Å². The molecule has 0 fully saturated rings. The van der Waals surface area contributed by atoms with Gasteiger partial charge in [0.1, 0.15) is 6.54 Å². The maximum absolute atomic E-state index is 12.5. The van der Waals surface area contributed by atoms with E-state index in [0.29, 0.717) is 11.8 Å². The molecule has 0 radical (unpaired) electrons. The van der Waals surface area contributed by atoms with Gasteiger partial charge in [0.2, 0.25) is 17.7 Å². The SMILES string of the molecule is Cc1cccc(NC(=O)Cn2c(C)cc(-c3nnc(-c4ccccc4)o3)c2C)c1. The van der Waals surface area contributed by atoms with Crippen LogP contribution in [0.4, 0.5) is 5.69 Å². The van der Waals surface area contributed by atoms with E-state index >= 15 is 0 Å². The number of carbonyl (C=O) groups is 1. The van der Waals surface area contributed by atoms with E-state index in [2.05, 4.69) is 15.5 Å².